The van der Waals surface area contributed by atoms with E-state index in [0.717, 1.165) is 10.9 Å². The van der Waals surface area contributed by atoms with Crippen molar-refractivity contribution < 1.29 is 13.0 Å². The lowest BCUT2D eigenvalue weighted by atomic mass is 10.1. The van der Waals surface area contributed by atoms with Crippen molar-refractivity contribution >= 4 is 21.0 Å². The normalized spacial score (nSPS) is 11.8. The van der Waals surface area contributed by atoms with Gasteiger partial charge in [-0.1, -0.05) is 36.4 Å². The Bertz CT molecular complexity index is 817. The van der Waals surface area contributed by atoms with E-state index in [4.69, 9.17) is 0 Å². The van der Waals surface area contributed by atoms with E-state index in [-0.39, 0.29) is 4.90 Å². The Morgan fingerprint density at radius 1 is 0.947 bits per heavy atom. The van der Waals surface area contributed by atoms with Gasteiger partial charge in [-0.15, -0.1) is 0 Å². The predicted octanol–water partition coefficient (Wildman–Crippen LogP) is 3.08. The molecule has 4 nitrogen and oxygen atoms in total. The largest absolute Gasteiger partial charge is 0.354 e. The van der Waals surface area contributed by atoms with Gasteiger partial charge in [-0.3, -0.25) is 4.55 Å². The summed E-state index contributed by atoms with van der Waals surface area (Å²) in [5.74, 6) is 0. The summed E-state index contributed by atoms with van der Waals surface area (Å²) in [6.45, 7) is 0. The van der Waals surface area contributed by atoms with Crippen molar-refractivity contribution in [2.45, 2.75) is 4.90 Å². The number of H-pyrrole nitrogens is 1. The molecule has 0 aliphatic rings. The van der Waals surface area contributed by atoms with Crippen LogP contribution in [-0.2, 0) is 10.1 Å². The van der Waals surface area contributed by atoms with Gasteiger partial charge in [-0.05, 0) is 18.2 Å². The summed E-state index contributed by atoms with van der Waals surface area (Å²) in [5, 5.41) is 0.989. The van der Waals surface area contributed by atoms with Gasteiger partial charge in [0.25, 0.3) is 10.1 Å². The smallest absolute Gasteiger partial charge is 0.295 e. The second-order valence-corrected chi connectivity index (χ2v) is 5.63. The first kappa shape index (κ1) is 12.0. The van der Waals surface area contributed by atoms with E-state index in [9.17, 15) is 13.0 Å². The van der Waals surface area contributed by atoms with E-state index in [1.165, 1.54) is 6.07 Å². The van der Waals surface area contributed by atoms with E-state index in [1.54, 1.807) is 18.2 Å². The van der Waals surface area contributed by atoms with Crippen LogP contribution in [0.5, 0.6) is 0 Å². The van der Waals surface area contributed by atoms with E-state index < -0.39 is 10.1 Å². The average molecular weight is 273 g/mol. The second kappa shape index (κ2) is 4.22. The zero-order valence-corrected chi connectivity index (χ0v) is 10.7. The molecule has 0 unspecified atom stereocenters. The van der Waals surface area contributed by atoms with E-state index in [0.29, 0.717) is 11.3 Å². The Labute approximate surface area is 110 Å². The Balaban J connectivity index is 2.27. The molecule has 3 rings (SSSR count). The molecule has 0 saturated heterocycles. The van der Waals surface area contributed by atoms with Gasteiger partial charge in [0.15, 0.2) is 0 Å². The molecule has 0 aliphatic heterocycles. The van der Waals surface area contributed by atoms with Crippen LogP contribution in [0.25, 0.3) is 22.2 Å². The molecule has 2 N–H and O–H groups in total. The Morgan fingerprint density at radius 3 is 2.37 bits per heavy atom. The van der Waals surface area contributed by atoms with Gasteiger partial charge in [-0.25, -0.2) is 0 Å². The molecule has 19 heavy (non-hydrogen) atoms. The van der Waals surface area contributed by atoms with Gasteiger partial charge in [0, 0.05) is 22.2 Å². The van der Waals surface area contributed by atoms with Gasteiger partial charge in [0.1, 0.15) is 4.90 Å². The van der Waals surface area contributed by atoms with Crippen LogP contribution in [0.1, 0.15) is 0 Å². The summed E-state index contributed by atoms with van der Waals surface area (Å²) >= 11 is 0. The molecular weight excluding hydrogens is 262 g/mol. The molecule has 0 aliphatic carbocycles. The molecular formula is C14H11NO3S. The van der Waals surface area contributed by atoms with Crippen LogP contribution in [0.2, 0.25) is 0 Å². The average Bonchev–Trinajstić information content (AvgIpc) is 2.81. The zero-order valence-electron chi connectivity index (χ0n) is 9.87. The molecule has 3 aromatic rings. The molecule has 1 heterocycles. The lowest BCUT2D eigenvalue weighted by Gasteiger charge is -2.04. The monoisotopic (exact) mass is 273 g/mol. The number of benzene rings is 2. The highest BCUT2D eigenvalue weighted by Crippen LogP contribution is 2.29. The van der Waals surface area contributed by atoms with Crippen LogP contribution in [-0.4, -0.2) is 18.0 Å². The van der Waals surface area contributed by atoms with Crippen molar-refractivity contribution in [1.82, 2.24) is 4.98 Å². The van der Waals surface area contributed by atoms with Crippen LogP contribution in [0.15, 0.2) is 59.5 Å². The zero-order chi connectivity index (χ0) is 13.5. The molecule has 1 aromatic heterocycles. The number of fused-ring (bicyclic) bond motifs is 1. The first-order valence-corrected chi connectivity index (χ1v) is 7.14. The molecule has 0 saturated carbocycles. The summed E-state index contributed by atoms with van der Waals surface area (Å²) in [6, 6.07) is 15.9. The van der Waals surface area contributed by atoms with Gasteiger partial charge < -0.3 is 4.98 Å². The van der Waals surface area contributed by atoms with Gasteiger partial charge >= 0.3 is 0 Å². The Morgan fingerprint density at radius 2 is 1.63 bits per heavy atom. The maximum Gasteiger partial charge on any atom is 0.295 e. The van der Waals surface area contributed by atoms with Gasteiger partial charge in [0.2, 0.25) is 0 Å². The topological polar surface area (TPSA) is 70.2 Å². The maximum atomic E-state index is 11.4. The van der Waals surface area contributed by atoms with E-state index in [2.05, 4.69) is 4.98 Å². The number of aromatic amines is 1. The molecule has 0 atom stereocenters. The standard InChI is InChI=1S/C14H11NO3S/c16-19(17,18)14-8-4-2-6-11(14)13-9-10-5-1-3-7-12(10)15-13/h1-9,15H,(H,16,17,18). The highest BCUT2D eigenvalue weighted by atomic mass is 32.2. The Hall–Kier alpha value is -2.11. The number of hydrogen-bond acceptors (Lipinski definition) is 2. The van der Waals surface area contributed by atoms with Crippen molar-refractivity contribution in [1.29, 1.82) is 0 Å². The molecule has 96 valence electrons. The van der Waals surface area contributed by atoms with E-state index in [1.807, 2.05) is 30.3 Å². The summed E-state index contributed by atoms with van der Waals surface area (Å²) in [5.41, 5.74) is 2.04. The minimum atomic E-state index is -4.24. The number of aromatic nitrogens is 1. The number of rotatable bonds is 2. The SMILES string of the molecule is O=S(=O)(O)c1ccccc1-c1cc2ccccc2[nH]1. The molecule has 0 bridgehead atoms. The van der Waals surface area contributed by atoms with Crippen molar-refractivity contribution in [2.24, 2.45) is 0 Å². The lowest BCUT2D eigenvalue weighted by molar-refractivity contribution is 0.483. The van der Waals surface area contributed by atoms with Crippen LogP contribution >= 0.6 is 0 Å². The highest BCUT2D eigenvalue weighted by Gasteiger charge is 2.16. The third kappa shape index (κ3) is 2.14. The fourth-order valence-electron chi connectivity index (χ4n) is 2.13. The first-order valence-electron chi connectivity index (χ1n) is 5.70. The molecule has 0 amide bonds. The van der Waals surface area contributed by atoms with Crippen LogP contribution in [0.3, 0.4) is 0 Å². The highest BCUT2D eigenvalue weighted by molar-refractivity contribution is 7.86. The summed E-state index contributed by atoms with van der Waals surface area (Å²) in [7, 11) is -4.24. The molecule has 2 aromatic carbocycles. The van der Waals surface area contributed by atoms with Crippen molar-refractivity contribution in [3.8, 4) is 11.3 Å². The van der Waals surface area contributed by atoms with Crippen LogP contribution in [0, 0.1) is 0 Å². The first-order chi connectivity index (χ1) is 9.05. The van der Waals surface area contributed by atoms with Crippen LogP contribution in [0.4, 0.5) is 0 Å². The second-order valence-electron chi connectivity index (χ2n) is 4.24. The van der Waals surface area contributed by atoms with Gasteiger partial charge in [-0.2, -0.15) is 8.42 Å². The number of para-hydroxylation sites is 1. The molecule has 5 heteroatoms. The maximum absolute atomic E-state index is 11.4. The van der Waals surface area contributed by atoms with Crippen molar-refractivity contribution in [2.75, 3.05) is 0 Å². The molecule has 0 radical (unpaired) electrons. The van der Waals surface area contributed by atoms with Gasteiger partial charge in [0.05, 0.1) is 0 Å². The minimum Gasteiger partial charge on any atom is -0.354 e. The minimum absolute atomic E-state index is 0.0958. The quantitative estimate of drug-likeness (QED) is 0.705. The molecule has 0 spiro atoms. The summed E-state index contributed by atoms with van der Waals surface area (Å²) < 4.78 is 32.0. The van der Waals surface area contributed by atoms with E-state index >= 15 is 0 Å². The molecule has 0 fully saturated rings. The van der Waals surface area contributed by atoms with Crippen molar-refractivity contribution in [3.63, 3.8) is 0 Å². The Kier molecular flexibility index (Phi) is 2.66. The number of nitrogens with one attached hydrogen (secondary N) is 1. The van der Waals surface area contributed by atoms with Crippen LogP contribution < -0.4 is 0 Å². The predicted molar refractivity (Wildman–Crippen MR) is 73.5 cm³/mol. The third-order valence-corrected chi connectivity index (χ3v) is 3.90. The fraction of sp³-hybridized carbons (Fsp3) is 0. The fourth-order valence-corrected chi connectivity index (χ4v) is 2.84. The third-order valence-electron chi connectivity index (χ3n) is 2.99. The summed E-state index contributed by atoms with van der Waals surface area (Å²) in [6.07, 6.45) is 0. The number of hydrogen-bond donors (Lipinski definition) is 2. The lowest BCUT2D eigenvalue weighted by Crippen LogP contribution is -2.00. The van der Waals surface area contributed by atoms with Crippen molar-refractivity contribution in [3.05, 3.63) is 54.6 Å². The summed E-state index contributed by atoms with van der Waals surface area (Å²) in [4.78, 5) is 3.05.